The zero-order chi connectivity index (χ0) is 19.8. The minimum Gasteiger partial charge on any atom is -0.0765 e. The van der Waals surface area contributed by atoms with Crippen molar-refractivity contribution in [1.82, 2.24) is 0 Å². The molecule has 0 aliphatic heterocycles. The average molecular weight is 510 g/mol. The minimum absolute atomic E-state index is 0.523. The van der Waals surface area contributed by atoms with Crippen LogP contribution < -0.4 is 0 Å². The minimum atomic E-state index is 0.523. The summed E-state index contributed by atoms with van der Waals surface area (Å²) in [6, 6.07) is 0. The smallest absolute Gasteiger partial charge is 0.0697 e. The summed E-state index contributed by atoms with van der Waals surface area (Å²) in [5, 5.41) is 0. The van der Waals surface area contributed by atoms with E-state index in [2.05, 4.69) is 38.8 Å². The Kier molecular flexibility index (Phi) is 25.9. The molecule has 164 valence electrons. The van der Waals surface area contributed by atoms with Crippen LogP contribution in [0.15, 0.2) is 0 Å². The van der Waals surface area contributed by atoms with Crippen molar-refractivity contribution in [3.05, 3.63) is 0 Å². The van der Waals surface area contributed by atoms with Crippen LogP contribution in [0.25, 0.3) is 0 Å². The summed E-state index contributed by atoms with van der Waals surface area (Å²) >= 11 is 7.10. The molecule has 0 aromatic rings. The van der Waals surface area contributed by atoms with Crippen LogP contribution in [0.3, 0.4) is 0 Å². The van der Waals surface area contributed by atoms with E-state index < -0.39 is 0 Å². The lowest BCUT2D eigenvalue weighted by Gasteiger charge is -2.04. The van der Waals surface area contributed by atoms with Crippen molar-refractivity contribution in [3.8, 4) is 0 Å². The molecule has 0 spiro atoms. The summed E-state index contributed by atoms with van der Waals surface area (Å²) in [5.41, 5.74) is 0. The Morgan fingerprint density at radius 1 is 0.370 bits per heavy atom. The molecule has 0 unspecified atom stereocenters. The van der Waals surface area contributed by atoms with Crippen molar-refractivity contribution in [2.75, 3.05) is 0 Å². The van der Waals surface area contributed by atoms with E-state index >= 15 is 0 Å². The van der Waals surface area contributed by atoms with Crippen molar-refractivity contribution >= 4 is 31.9 Å². The lowest BCUT2D eigenvalue weighted by Crippen LogP contribution is -1.86. The molecule has 0 rings (SSSR count). The third-order valence-electron chi connectivity index (χ3n) is 5.78. The van der Waals surface area contributed by atoms with Crippen LogP contribution in [-0.4, -0.2) is 3.74 Å². The van der Waals surface area contributed by atoms with E-state index in [0.29, 0.717) is 3.74 Å². The lowest BCUT2D eigenvalue weighted by molar-refractivity contribution is 0.519. The molecule has 27 heavy (non-hydrogen) atoms. The van der Waals surface area contributed by atoms with Crippen LogP contribution in [0.1, 0.15) is 155 Å². The average Bonchev–Trinajstić information content (AvgIpc) is 2.65. The van der Waals surface area contributed by atoms with E-state index in [0.717, 1.165) is 0 Å². The second-order valence-corrected chi connectivity index (χ2v) is 12.0. The van der Waals surface area contributed by atoms with Gasteiger partial charge in [-0.15, -0.1) is 0 Å². The second-order valence-electron chi connectivity index (χ2n) is 8.60. The largest absolute Gasteiger partial charge is 0.0765 e. The predicted octanol–water partition coefficient (Wildman–Crippen LogP) is 11.1. The molecule has 0 heterocycles. The second kappa shape index (κ2) is 25.0. The first-order valence-corrected chi connectivity index (χ1v) is 14.4. The Morgan fingerprint density at radius 2 is 0.593 bits per heavy atom. The van der Waals surface area contributed by atoms with Crippen molar-refractivity contribution in [3.63, 3.8) is 0 Å². The molecule has 0 atom stereocenters. The highest BCUT2D eigenvalue weighted by atomic mass is 79.9. The van der Waals surface area contributed by atoms with Crippen LogP contribution in [-0.2, 0) is 0 Å². The Hall–Kier alpha value is 0.960. The third kappa shape index (κ3) is 27.0. The van der Waals surface area contributed by atoms with Crippen LogP contribution >= 0.6 is 31.9 Å². The number of unbranched alkanes of at least 4 members (excludes halogenated alkanes) is 21. The molecule has 0 saturated carbocycles. The zero-order valence-electron chi connectivity index (χ0n) is 18.6. The number of hydrogen-bond acceptors (Lipinski definition) is 0. The molecule has 0 aromatic carbocycles. The molecule has 0 radical (unpaired) electrons. The SMILES string of the molecule is CCCCCCCCCCCCCCCCCCCCCCCCC(Br)Br. The first kappa shape index (κ1) is 28.0. The molecule has 0 saturated heterocycles. The van der Waals surface area contributed by atoms with Crippen molar-refractivity contribution < 1.29 is 0 Å². The molecule has 0 N–H and O–H groups in total. The fourth-order valence-corrected chi connectivity index (χ4v) is 4.55. The summed E-state index contributed by atoms with van der Waals surface area (Å²) in [6.07, 6.45) is 33.4. The van der Waals surface area contributed by atoms with Gasteiger partial charge in [-0.3, -0.25) is 0 Å². The van der Waals surface area contributed by atoms with Gasteiger partial charge in [-0.1, -0.05) is 180 Å². The van der Waals surface area contributed by atoms with Crippen LogP contribution in [0.5, 0.6) is 0 Å². The highest BCUT2D eigenvalue weighted by Crippen LogP contribution is 2.18. The summed E-state index contributed by atoms with van der Waals surface area (Å²) in [7, 11) is 0. The van der Waals surface area contributed by atoms with Gasteiger partial charge in [0.25, 0.3) is 0 Å². The van der Waals surface area contributed by atoms with Crippen LogP contribution in [0.4, 0.5) is 0 Å². The highest BCUT2D eigenvalue weighted by Gasteiger charge is 1.98. The topological polar surface area (TPSA) is 0 Å². The molecular formula is C25H50Br2. The van der Waals surface area contributed by atoms with E-state index in [1.54, 1.807) is 0 Å². The van der Waals surface area contributed by atoms with Gasteiger partial charge in [0.1, 0.15) is 0 Å². The summed E-state index contributed by atoms with van der Waals surface area (Å²) in [5.74, 6) is 0. The Labute approximate surface area is 189 Å². The fraction of sp³-hybridized carbons (Fsp3) is 1.00. The molecule has 0 aliphatic rings. The van der Waals surface area contributed by atoms with Gasteiger partial charge in [-0.2, -0.15) is 0 Å². The third-order valence-corrected chi connectivity index (χ3v) is 6.69. The molecule has 0 nitrogen and oxygen atoms in total. The quantitative estimate of drug-likeness (QED) is 0.0947. The molecule has 0 fully saturated rings. The maximum Gasteiger partial charge on any atom is 0.0697 e. The van der Waals surface area contributed by atoms with Gasteiger partial charge < -0.3 is 0 Å². The van der Waals surface area contributed by atoms with Crippen LogP contribution in [0.2, 0.25) is 0 Å². The van der Waals surface area contributed by atoms with Gasteiger partial charge >= 0.3 is 0 Å². The van der Waals surface area contributed by atoms with Gasteiger partial charge in [0.05, 0.1) is 3.74 Å². The van der Waals surface area contributed by atoms with Gasteiger partial charge in [0.2, 0.25) is 0 Å². The Morgan fingerprint density at radius 3 is 0.815 bits per heavy atom. The highest BCUT2D eigenvalue weighted by molar-refractivity contribution is 9.24. The van der Waals surface area contributed by atoms with Crippen LogP contribution in [0, 0.1) is 0 Å². The predicted molar refractivity (Wildman–Crippen MR) is 134 cm³/mol. The molecule has 2 heteroatoms. The maximum atomic E-state index is 3.55. The maximum absolute atomic E-state index is 3.55. The first-order valence-electron chi connectivity index (χ1n) is 12.6. The van der Waals surface area contributed by atoms with Gasteiger partial charge in [-0.05, 0) is 6.42 Å². The van der Waals surface area contributed by atoms with E-state index in [9.17, 15) is 0 Å². The van der Waals surface area contributed by atoms with E-state index in [1.807, 2.05) is 0 Å². The first-order chi connectivity index (χ1) is 13.3. The van der Waals surface area contributed by atoms with Gasteiger partial charge in [-0.25, -0.2) is 0 Å². The number of alkyl halides is 2. The van der Waals surface area contributed by atoms with Gasteiger partial charge in [0, 0.05) is 0 Å². The Bertz CT molecular complexity index is 253. The standard InChI is InChI=1S/C25H50Br2/c1-2-3-4-5-6-7-8-9-10-11-12-13-14-15-16-17-18-19-20-21-22-23-24-25(26)27/h25H,2-24H2,1H3. The monoisotopic (exact) mass is 508 g/mol. The zero-order valence-corrected chi connectivity index (χ0v) is 21.8. The van der Waals surface area contributed by atoms with E-state index in [4.69, 9.17) is 0 Å². The van der Waals surface area contributed by atoms with Gasteiger partial charge in [0.15, 0.2) is 0 Å². The summed E-state index contributed by atoms with van der Waals surface area (Å²) in [6.45, 7) is 2.30. The van der Waals surface area contributed by atoms with E-state index in [-0.39, 0.29) is 0 Å². The van der Waals surface area contributed by atoms with Crippen molar-refractivity contribution in [1.29, 1.82) is 0 Å². The number of hydrogen-bond donors (Lipinski definition) is 0. The summed E-state index contributed by atoms with van der Waals surface area (Å²) in [4.78, 5) is 0. The number of rotatable bonds is 23. The normalized spacial score (nSPS) is 11.6. The van der Waals surface area contributed by atoms with Crippen molar-refractivity contribution in [2.24, 2.45) is 0 Å². The lowest BCUT2D eigenvalue weighted by atomic mass is 10.0. The molecule has 0 bridgehead atoms. The molecule has 0 amide bonds. The summed E-state index contributed by atoms with van der Waals surface area (Å²) < 4.78 is 0.523. The fourth-order valence-electron chi connectivity index (χ4n) is 3.91. The van der Waals surface area contributed by atoms with Crippen molar-refractivity contribution in [2.45, 2.75) is 158 Å². The van der Waals surface area contributed by atoms with E-state index in [1.165, 1.54) is 148 Å². The molecule has 0 aliphatic carbocycles. The molecular weight excluding hydrogens is 460 g/mol. The number of halogens is 2. The Balaban J connectivity index is 2.97. The molecule has 0 aromatic heterocycles.